The second-order valence-corrected chi connectivity index (χ2v) is 8.77. The first kappa shape index (κ1) is 23.0. The third kappa shape index (κ3) is 4.62. The van der Waals surface area contributed by atoms with Crippen LogP contribution in [-0.4, -0.2) is 33.2 Å². The van der Waals surface area contributed by atoms with Gasteiger partial charge in [-0.2, -0.15) is 5.10 Å². The fraction of sp³-hybridized carbons (Fsp3) is 0.192. The number of benzene rings is 3. The zero-order valence-electron chi connectivity index (χ0n) is 18.4. The summed E-state index contributed by atoms with van der Waals surface area (Å²) in [5, 5.41) is 17.7. The SMILES string of the molecule is O=C(O)COc1ccc(Cl)cc1C1NCc2cc(CC(=O)C(F)n3ncc4ccccc43)ccc21. The molecule has 5 rings (SSSR count). The number of carbonyl (C=O) groups is 2. The number of nitrogens with one attached hydrogen (secondary N) is 1. The van der Waals surface area contributed by atoms with Crippen molar-refractivity contribution in [3.63, 3.8) is 0 Å². The number of carbonyl (C=O) groups excluding carboxylic acids is 1. The van der Waals surface area contributed by atoms with Gasteiger partial charge in [0.1, 0.15) is 5.75 Å². The van der Waals surface area contributed by atoms with Crippen LogP contribution in [0.4, 0.5) is 4.39 Å². The van der Waals surface area contributed by atoms with E-state index in [4.69, 9.17) is 21.4 Å². The minimum Gasteiger partial charge on any atom is -0.482 e. The third-order valence-electron chi connectivity index (χ3n) is 6.01. The topological polar surface area (TPSA) is 93.5 Å². The Kier molecular flexibility index (Phi) is 6.23. The average molecular weight is 494 g/mol. The van der Waals surface area contributed by atoms with Gasteiger partial charge in [-0.25, -0.2) is 13.9 Å². The largest absolute Gasteiger partial charge is 0.482 e. The number of fused-ring (bicyclic) bond motifs is 2. The van der Waals surface area contributed by atoms with Gasteiger partial charge in [-0.05, 0) is 41.0 Å². The molecule has 0 aliphatic carbocycles. The van der Waals surface area contributed by atoms with Crippen molar-refractivity contribution in [2.75, 3.05) is 6.61 Å². The molecule has 7 nitrogen and oxygen atoms in total. The lowest BCUT2D eigenvalue weighted by atomic mass is 9.95. The molecule has 2 heterocycles. The van der Waals surface area contributed by atoms with Crippen molar-refractivity contribution in [3.8, 4) is 5.75 Å². The van der Waals surface area contributed by atoms with E-state index >= 15 is 4.39 Å². The fourth-order valence-corrected chi connectivity index (χ4v) is 4.59. The van der Waals surface area contributed by atoms with Crippen LogP contribution in [0.3, 0.4) is 0 Å². The van der Waals surface area contributed by atoms with E-state index in [0.717, 1.165) is 26.8 Å². The van der Waals surface area contributed by atoms with Gasteiger partial charge in [0.15, 0.2) is 12.4 Å². The van der Waals surface area contributed by atoms with Crippen LogP contribution in [-0.2, 0) is 22.6 Å². The number of aliphatic carboxylic acids is 1. The number of alkyl halides is 1. The van der Waals surface area contributed by atoms with Crippen molar-refractivity contribution in [2.45, 2.75) is 25.3 Å². The van der Waals surface area contributed by atoms with Gasteiger partial charge in [-0.1, -0.05) is 48.0 Å². The van der Waals surface area contributed by atoms with E-state index in [1.54, 1.807) is 42.6 Å². The second kappa shape index (κ2) is 9.48. The molecule has 0 fully saturated rings. The normalized spacial score (nSPS) is 15.7. The molecule has 1 aliphatic rings. The Morgan fingerprint density at radius 2 is 2.00 bits per heavy atom. The summed E-state index contributed by atoms with van der Waals surface area (Å²) in [6.45, 7) is 0.0565. The van der Waals surface area contributed by atoms with Crippen LogP contribution < -0.4 is 10.1 Å². The van der Waals surface area contributed by atoms with Crippen LogP contribution in [0.1, 0.15) is 34.6 Å². The number of Topliss-reactive ketones (excluding diaryl/α,β-unsaturated/α-hetero) is 1. The molecule has 2 unspecified atom stereocenters. The summed E-state index contributed by atoms with van der Waals surface area (Å²) in [5.41, 5.74) is 3.90. The number of carboxylic acids is 1. The van der Waals surface area contributed by atoms with Crippen LogP contribution in [0, 0.1) is 0 Å². The Morgan fingerprint density at radius 3 is 2.83 bits per heavy atom. The van der Waals surface area contributed by atoms with E-state index in [-0.39, 0.29) is 12.5 Å². The van der Waals surface area contributed by atoms with E-state index < -0.39 is 24.7 Å². The molecule has 0 spiro atoms. The zero-order chi connectivity index (χ0) is 24.5. The molecule has 9 heteroatoms. The van der Waals surface area contributed by atoms with Gasteiger partial charge in [0.2, 0.25) is 6.30 Å². The van der Waals surface area contributed by atoms with Crippen molar-refractivity contribution in [1.82, 2.24) is 15.1 Å². The van der Waals surface area contributed by atoms with E-state index in [2.05, 4.69) is 10.4 Å². The number of ether oxygens (including phenoxy) is 1. The standard InChI is InChI=1S/C26H21ClFN3O4/c27-18-6-8-23(35-14-24(33)34)20(11-18)25-19-7-5-15(9-17(19)12-29-25)10-22(32)26(28)31-21-4-2-1-3-16(21)13-30-31/h1-9,11,13,25-26,29H,10,12,14H2,(H,33,34). The molecule has 0 saturated carbocycles. The number of hydrogen-bond acceptors (Lipinski definition) is 5. The van der Waals surface area contributed by atoms with Crippen molar-refractivity contribution >= 4 is 34.3 Å². The molecule has 0 radical (unpaired) electrons. The Bertz CT molecular complexity index is 1440. The summed E-state index contributed by atoms with van der Waals surface area (Å²) in [5.74, 6) is -1.23. The Balaban J connectivity index is 1.36. The summed E-state index contributed by atoms with van der Waals surface area (Å²) in [6.07, 6.45) is -0.410. The van der Waals surface area contributed by atoms with Crippen LogP contribution in [0.15, 0.2) is 66.9 Å². The average Bonchev–Trinajstić information content (AvgIpc) is 3.46. The number of carboxylic acid groups (broad SMARTS) is 1. The van der Waals surface area contributed by atoms with Crippen molar-refractivity contribution < 1.29 is 23.8 Å². The first-order valence-electron chi connectivity index (χ1n) is 11.0. The number of aromatic nitrogens is 2. The summed E-state index contributed by atoms with van der Waals surface area (Å²) in [6, 6.07) is 17.5. The van der Waals surface area contributed by atoms with Crippen molar-refractivity contribution in [3.05, 3.63) is 94.1 Å². The molecule has 2 N–H and O–H groups in total. The maximum absolute atomic E-state index is 15.0. The molecular formula is C26H21ClFN3O4. The highest BCUT2D eigenvalue weighted by Crippen LogP contribution is 2.37. The third-order valence-corrected chi connectivity index (χ3v) is 6.25. The Labute approximate surface area is 205 Å². The van der Waals surface area contributed by atoms with Gasteiger partial charge >= 0.3 is 5.97 Å². The maximum Gasteiger partial charge on any atom is 0.341 e. The number of hydrogen-bond donors (Lipinski definition) is 2. The Hall–Kier alpha value is -3.75. The molecule has 3 aromatic carbocycles. The molecule has 0 bridgehead atoms. The summed E-state index contributed by atoms with van der Waals surface area (Å²) in [4.78, 5) is 23.7. The van der Waals surface area contributed by atoms with Gasteiger partial charge in [0.05, 0.1) is 17.8 Å². The zero-order valence-corrected chi connectivity index (χ0v) is 19.2. The van der Waals surface area contributed by atoms with E-state index in [1.807, 2.05) is 24.3 Å². The Morgan fingerprint density at radius 1 is 1.17 bits per heavy atom. The van der Waals surface area contributed by atoms with Crippen LogP contribution in [0.2, 0.25) is 5.02 Å². The highest BCUT2D eigenvalue weighted by atomic mass is 35.5. The quantitative estimate of drug-likeness (QED) is 0.372. The fourth-order valence-electron chi connectivity index (χ4n) is 4.41. The predicted molar refractivity (Wildman–Crippen MR) is 128 cm³/mol. The van der Waals surface area contributed by atoms with E-state index in [9.17, 15) is 9.59 Å². The molecule has 0 saturated heterocycles. The van der Waals surface area contributed by atoms with Crippen molar-refractivity contribution in [1.29, 1.82) is 0 Å². The van der Waals surface area contributed by atoms with E-state index in [1.165, 1.54) is 0 Å². The van der Waals surface area contributed by atoms with Crippen molar-refractivity contribution in [2.24, 2.45) is 0 Å². The van der Waals surface area contributed by atoms with Gasteiger partial charge in [0, 0.05) is 28.9 Å². The number of rotatable bonds is 8. The van der Waals surface area contributed by atoms with Gasteiger partial charge in [-0.15, -0.1) is 0 Å². The molecule has 2 atom stereocenters. The first-order chi connectivity index (χ1) is 16.9. The van der Waals surface area contributed by atoms with Crippen LogP contribution >= 0.6 is 11.6 Å². The number of nitrogens with zero attached hydrogens (tertiary/aromatic N) is 2. The lowest BCUT2D eigenvalue weighted by Crippen LogP contribution is -2.18. The minimum atomic E-state index is -1.88. The number of ketones is 1. The molecule has 178 valence electrons. The monoisotopic (exact) mass is 493 g/mol. The summed E-state index contributed by atoms with van der Waals surface area (Å²) < 4.78 is 21.6. The first-order valence-corrected chi connectivity index (χ1v) is 11.4. The highest BCUT2D eigenvalue weighted by molar-refractivity contribution is 6.30. The van der Waals surface area contributed by atoms with E-state index in [0.29, 0.717) is 28.4 Å². The second-order valence-electron chi connectivity index (χ2n) is 8.34. The molecule has 1 aliphatic heterocycles. The molecular weight excluding hydrogens is 473 g/mol. The van der Waals surface area contributed by atoms with Gasteiger partial charge in [0.25, 0.3) is 0 Å². The minimum absolute atomic E-state index is 0.0720. The lowest BCUT2D eigenvalue weighted by molar-refractivity contribution is -0.139. The van der Waals surface area contributed by atoms with Crippen LogP contribution in [0.25, 0.3) is 10.9 Å². The summed E-state index contributed by atoms with van der Waals surface area (Å²) >= 11 is 6.20. The molecule has 1 aromatic heterocycles. The number of halogens is 2. The number of para-hydroxylation sites is 1. The smallest absolute Gasteiger partial charge is 0.341 e. The predicted octanol–water partition coefficient (Wildman–Crippen LogP) is 4.63. The molecule has 4 aromatic rings. The molecule has 0 amide bonds. The van der Waals surface area contributed by atoms with Gasteiger partial charge < -0.3 is 15.2 Å². The lowest BCUT2D eigenvalue weighted by Gasteiger charge is -2.18. The molecule has 35 heavy (non-hydrogen) atoms. The van der Waals surface area contributed by atoms with Gasteiger partial charge in [-0.3, -0.25) is 4.79 Å². The highest BCUT2D eigenvalue weighted by Gasteiger charge is 2.28. The van der Waals surface area contributed by atoms with Crippen LogP contribution in [0.5, 0.6) is 5.75 Å². The maximum atomic E-state index is 15.0. The summed E-state index contributed by atoms with van der Waals surface area (Å²) in [7, 11) is 0.